The molecule has 1 amide bonds. The number of carbonyl (C=O) groups excluding carboxylic acids is 2. The van der Waals surface area contributed by atoms with E-state index in [9.17, 15) is 14.7 Å². The van der Waals surface area contributed by atoms with Gasteiger partial charge < -0.3 is 14.7 Å². The summed E-state index contributed by atoms with van der Waals surface area (Å²) in [6.07, 6.45) is 2.86. The Bertz CT molecular complexity index is 546. The number of esters is 1. The zero-order valence-electron chi connectivity index (χ0n) is 11.8. The molecule has 0 spiro atoms. The van der Waals surface area contributed by atoms with Gasteiger partial charge in [-0.15, -0.1) is 0 Å². The third-order valence-electron chi connectivity index (χ3n) is 3.71. The number of nitrogens with zero attached hydrogens (tertiary/aromatic N) is 1. The summed E-state index contributed by atoms with van der Waals surface area (Å²) in [5, 5.41) is 9.94. The number of phenolic OH excluding ortho intramolecular Hbond substituents is 1. The minimum atomic E-state index is -0.320. The average molecular weight is 356 g/mol. The van der Waals surface area contributed by atoms with Gasteiger partial charge in [-0.25, -0.2) is 0 Å². The van der Waals surface area contributed by atoms with Gasteiger partial charge in [-0.1, -0.05) is 15.9 Å². The van der Waals surface area contributed by atoms with Gasteiger partial charge in [0, 0.05) is 17.1 Å². The molecule has 0 aliphatic carbocycles. The predicted octanol–water partition coefficient (Wildman–Crippen LogP) is 2.71. The molecular weight excluding hydrogens is 338 g/mol. The molecule has 114 valence electrons. The van der Waals surface area contributed by atoms with Crippen molar-refractivity contribution in [2.75, 3.05) is 13.7 Å². The Kier molecular flexibility index (Phi) is 5.22. The molecule has 1 unspecified atom stereocenters. The highest BCUT2D eigenvalue weighted by molar-refractivity contribution is 9.10. The fraction of sp³-hybridized carbons (Fsp3) is 0.467. The van der Waals surface area contributed by atoms with Crippen LogP contribution >= 0.6 is 15.9 Å². The van der Waals surface area contributed by atoms with Crippen molar-refractivity contribution in [2.24, 2.45) is 0 Å². The second kappa shape index (κ2) is 6.93. The quantitative estimate of drug-likeness (QED) is 0.846. The summed E-state index contributed by atoms with van der Waals surface area (Å²) in [5.74, 6) is -0.620. The second-order valence-electron chi connectivity index (χ2n) is 5.09. The molecule has 1 aromatic rings. The van der Waals surface area contributed by atoms with Crippen molar-refractivity contribution < 1.29 is 19.4 Å². The first-order valence-corrected chi connectivity index (χ1v) is 7.68. The minimum absolute atomic E-state index is 0.0585. The van der Waals surface area contributed by atoms with Crippen LogP contribution in [-0.2, 0) is 9.53 Å². The largest absolute Gasteiger partial charge is 0.507 e. The lowest BCUT2D eigenvalue weighted by Crippen LogP contribution is -2.44. The van der Waals surface area contributed by atoms with E-state index in [1.165, 1.54) is 13.2 Å². The van der Waals surface area contributed by atoms with Crippen molar-refractivity contribution in [2.45, 2.75) is 31.7 Å². The minimum Gasteiger partial charge on any atom is -0.507 e. The summed E-state index contributed by atoms with van der Waals surface area (Å²) in [4.78, 5) is 25.8. The van der Waals surface area contributed by atoms with Gasteiger partial charge in [-0.2, -0.15) is 0 Å². The number of rotatable bonds is 3. The lowest BCUT2D eigenvalue weighted by molar-refractivity contribution is -0.142. The van der Waals surface area contributed by atoms with Gasteiger partial charge in [0.05, 0.1) is 19.1 Å². The van der Waals surface area contributed by atoms with Crippen LogP contribution in [0.1, 0.15) is 36.0 Å². The van der Waals surface area contributed by atoms with E-state index in [0.717, 1.165) is 19.3 Å². The van der Waals surface area contributed by atoms with Crippen LogP contribution in [0.4, 0.5) is 0 Å². The standard InChI is InChI=1S/C15H18BrNO4/c1-21-14(19)9-11-4-2-3-7-17(11)15(20)12-6-5-10(16)8-13(12)18/h5-6,8,11,18H,2-4,7,9H2,1H3. The summed E-state index contributed by atoms with van der Waals surface area (Å²) >= 11 is 3.25. The lowest BCUT2D eigenvalue weighted by atomic mass is 9.98. The SMILES string of the molecule is COC(=O)CC1CCCCN1C(=O)c1ccc(Br)cc1O. The molecule has 1 atom stereocenters. The number of aromatic hydroxyl groups is 1. The number of ether oxygens (including phenoxy) is 1. The van der Waals surface area contributed by atoms with E-state index in [1.807, 2.05) is 0 Å². The van der Waals surface area contributed by atoms with E-state index in [1.54, 1.807) is 17.0 Å². The highest BCUT2D eigenvalue weighted by Crippen LogP contribution is 2.27. The summed E-state index contributed by atoms with van der Waals surface area (Å²) in [5.41, 5.74) is 0.259. The number of carbonyl (C=O) groups is 2. The van der Waals surface area contributed by atoms with Crippen molar-refractivity contribution in [3.8, 4) is 5.75 Å². The number of likely N-dealkylation sites (tertiary alicyclic amines) is 1. The molecule has 0 saturated carbocycles. The number of piperidine rings is 1. The Hall–Kier alpha value is -1.56. The molecule has 1 N–H and O–H groups in total. The Morgan fingerprint density at radius 1 is 1.43 bits per heavy atom. The maximum Gasteiger partial charge on any atom is 0.307 e. The van der Waals surface area contributed by atoms with Crippen molar-refractivity contribution >= 4 is 27.8 Å². The van der Waals surface area contributed by atoms with Crippen LogP contribution in [0.2, 0.25) is 0 Å². The molecule has 1 saturated heterocycles. The molecule has 2 rings (SSSR count). The van der Waals surface area contributed by atoms with Crippen LogP contribution in [0.25, 0.3) is 0 Å². The number of methoxy groups -OCH3 is 1. The fourth-order valence-corrected chi connectivity index (χ4v) is 2.95. The first-order valence-electron chi connectivity index (χ1n) is 6.89. The van der Waals surface area contributed by atoms with Crippen molar-refractivity contribution in [3.63, 3.8) is 0 Å². The molecule has 1 aliphatic rings. The van der Waals surface area contributed by atoms with E-state index < -0.39 is 0 Å². The maximum atomic E-state index is 12.6. The molecule has 1 fully saturated rings. The number of phenols is 1. The van der Waals surface area contributed by atoms with E-state index in [4.69, 9.17) is 4.74 Å². The van der Waals surface area contributed by atoms with E-state index in [0.29, 0.717) is 11.0 Å². The van der Waals surface area contributed by atoms with Gasteiger partial charge in [0.1, 0.15) is 5.75 Å². The first-order chi connectivity index (χ1) is 10.0. The smallest absolute Gasteiger partial charge is 0.307 e. The number of hydrogen-bond donors (Lipinski definition) is 1. The third kappa shape index (κ3) is 3.75. The zero-order chi connectivity index (χ0) is 15.4. The highest BCUT2D eigenvalue weighted by atomic mass is 79.9. The average Bonchev–Trinajstić information content (AvgIpc) is 2.47. The van der Waals surface area contributed by atoms with Crippen molar-refractivity contribution in [3.05, 3.63) is 28.2 Å². The molecule has 1 heterocycles. The molecule has 0 radical (unpaired) electrons. The number of hydrogen-bond acceptors (Lipinski definition) is 4. The summed E-state index contributed by atoms with van der Waals surface area (Å²) in [6, 6.07) is 4.63. The molecule has 21 heavy (non-hydrogen) atoms. The Morgan fingerprint density at radius 3 is 2.86 bits per heavy atom. The molecular formula is C15H18BrNO4. The monoisotopic (exact) mass is 355 g/mol. The molecule has 6 heteroatoms. The van der Waals surface area contributed by atoms with Crippen LogP contribution in [0, 0.1) is 0 Å². The van der Waals surface area contributed by atoms with E-state index >= 15 is 0 Å². The molecule has 1 aromatic carbocycles. The van der Waals surface area contributed by atoms with Gasteiger partial charge in [0.15, 0.2) is 0 Å². The Morgan fingerprint density at radius 2 is 2.19 bits per heavy atom. The molecule has 0 aromatic heterocycles. The summed E-state index contributed by atoms with van der Waals surface area (Å²) in [7, 11) is 1.35. The van der Waals surface area contributed by atoms with Crippen LogP contribution in [0.15, 0.2) is 22.7 Å². The van der Waals surface area contributed by atoms with E-state index in [-0.39, 0.29) is 35.7 Å². The summed E-state index contributed by atoms with van der Waals surface area (Å²) in [6.45, 7) is 0.593. The Balaban J connectivity index is 2.20. The fourth-order valence-electron chi connectivity index (χ4n) is 2.60. The normalized spacial score (nSPS) is 18.4. The van der Waals surface area contributed by atoms with Crippen LogP contribution in [0.3, 0.4) is 0 Å². The van der Waals surface area contributed by atoms with Crippen molar-refractivity contribution in [1.29, 1.82) is 0 Å². The topological polar surface area (TPSA) is 66.8 Å². The molecule has 0 bridgehead atoms. The Labute approximate surface area is 132 Å². The van der Waals surface area contributed by atoms with E-state index in [2.05, 4.69) is 15.9 Å². The van der Waals surface area contributed by atoms with Crippen molar-refractivity contribution in [1.82, 2.24) is 4.90 Å². The second-order valence-corrected chi connectivity index (χ2v) is 6.01. The van der Waals surface area contributed by atoms with Gasteiger partial charge in [0.2, 0.25) is 0 Å². The number of halogens is 1. The molecule has 1 aliphatic heterocycles. The summed E-state index contributed by atoms with van der Waals surface area (Å²) < 4.78 is 5.40. The highest BCUT2D eigenvalue weighted by Gasteiger charge is 2.30. The third-order valence-corrected chi connectivity index (χ3v) is 4.20. The van der Waals surface area contributed by atoms with Crippen LogP contribution in [-0.4, -0.2) is 41.6 Å². The first kappa shape index (κ1) is 15.8. The maximum absolute atomic E-state index is 12.6. The van der Waals surface area contributed by atoms with Crippen LogP contribution in [0.5, 0.6) is 5.75 Å². The van der Waals surface area contributed by atoms with Gasteiger partial charge >= 0.3 is 5.97 Å². The number of benzene rings is 1. The lowest BCUT2D eigenvalue weighted by Gasteiger charge is -2.35. The van der Waals surface area contributed by atoms with Gasteiger partial charge in [-0.3, -0.25) is 9.59 Å². The van der Waals surface area contributed by atoms with Gasteiger partial charge in [0.25, 0.3) is 5.91 Å². The van der Waals surface area contributed by atoms with Crippen LogP contribution < -0.4 is 0 Å². The predicted molar refractivity (Wildman–Crippen MR) is 81.1 cm³/mol. The zero-order valence-corrected chi connectivity index (χ0v) is 13.4. The molecule has 5 nitrogen and oxygen atoms in total. The number of amides is 1. The van der Waals surface area contributed by atoms with Gasteiger partial charge in [-0.05, 0) is 37.5 Å².